The largest absolute Gasteiger partial charge is 0.421 e. The molecule has 1 fully saturated rings. The average molecular weight is 473 g/mol. The van der Waals surface area contributed by atoms with Gasteiger partial charge in [-0.1, -0.05) is 40.0 Å². The third-order valence-electron chi connectivity index (χ3n) is 4.45. The molecule has 0 bridgehead atoms. The molecule has 2 aromatic rings. The highest BCUT2D eigenvalue weighted by atomic mass is 79.9. The van der Waals surface area contributed by atoms with E-state index >= 15 is 0 Å². The Morgan fingerprint density at radius 1 is 1.11 bits per heavy atom. The Balaban J connectivity index is 1.89. The summed E-state index contributed by atoms with van der Waals surface area (Å²) in [6.45, 7) is 2.73. The second-order valence-corrected chi connectivity index (χ2v) is 9.64. The quantitative estimate of drug-likeness (QED) is 0.473. The van der Waals surface area contributed by atoms with E-state index < -0.39 is 16.0 Å². The van der Waals surface area contributed by atoms with E-state index in [0.29, 0.717) is 18.7 Å². The number of benzene rings is 2. The summed E-state index contributed by atoms with van der Waals surface area (Å²) in [7, 11) is -3.64. The molecule has 0 aromatic heterocycles. The number of hydrogen-bond donors (Lipinski definition) is 0. The summed E-state index contributed by atoms with van der Waals surface area (Å²) in [5, 5.41) is 0.283. The Hall–Kier alpha value is -1.41. The van der Waals surface area contributed by atoms with Gasteiger partial charge < -0.3 is 4.74 Å². The van der Waals surface area contributed by atoms with Crippen molar-refractivity contribution in [2.45, 2.75) is 31.1 Å². The summed E-state index contributed by atoms with van der Waals surface area (Å²) < 4.78 is 33.5. The Kier molecular flexibility index (Phi) is 6.25. The first-order chi connectivity index (χ1) is 12.8. The first-order valence-corrected chi connectivity index (χ1v) is 11.2. The predicted octanol–water partition coefficient (Wildman–Crippen LogP) is 4.80. The van der Waals surface area contributed by atoms with Gasteiger partial charge in [-0.15, -0.1) is 0 Å². The zero-order valence-electron chi connectivity index (χ0n) is 14.7. The van der Waals surface area contributed by atoms with Crippen molar-refractivity contribution in [3.8, 4) is 5.75 Å². The zero-order valence-corrected chi connectivity index (χ0v) is 17.9. The van der Waals surface area contributed by atoms with Crippen LogP contribution in [0.15, 0.2) is 45.8 Å². The van der Waals surface area contributed by atoms with Crippen LogP contribution in [-0.2, 0) is 10.0 Å². The van der Waals surface area contributed by atoms with Crippen molar-refractivity contribution in [1.29, 1.82) is 0 Å². The van der Waals surface area contributed by atoms with Gasteiger partial charge in [-0.2, -0.15) is 4.31 Å². The fraction of sp³-hybridized carbons (Fsp3) is 0.316. The normalized spacial score (nSPS) is 15.5. The molecule has 1 aliphatic rings. The summed E-state index contributed by atoms with van der Waals surface area (Å²) in [6, 6.07) is 9.45. The van der Waals surface area contributed by atoms with Gasteiger partial charge in [0.05, 0.1) is 15.5 Å². The van der Waals surface area contributed by atoms with Crippen LogP contribution in [-0.4, -0.2) is 31.8 Å². The number of nitrogens with zero attached hydrogens (tertiary/aromatic N) is 1. The standard InChI is InChI=1S/C19H19BrClNO4S/c1-13-5-6-14(19(23)26-17-8-7-15(20)12-16(17)21)11-18(13)27(24,25)22-9-3-2-4-10-22/h5-8,11-12H,2-4,9-10H2,1H3. The van der Waals surface area contributed by atoms with E-state index in [1.807, 2.05) is 0 Å². The predicted molar refractivity (Wildman–Crippen MR) is 108 cm³/mol. The van der Waals surface area contributed by atoms with Crippen molar-refractivity contribution in [3.63, 3.8) is 0 Å². The minimum atomic E-state index is -3.64. The molecule has 0 radical (unpaired) electrons. The smallest absolute Gasteiger partial charge is 0.343 e. The lowest BCUT2D eigenvalue weighted by atomic mass is 10.1. The number of esters is 1. The van der Waals surface area contributed by atoms with Gasteiger partial charge in [-0.05, 0) is 55.7 Å². The SMILES string of the molecule is Cc1ccc(C(=O)Oc2ccc(Br)cc2Cl)cc1S(=O)(=O)N1CCCCC1. The number of ether oxygens (including phenoxy) is 1. The van der Waals surface area contributed by atoms with Gasteiger partial charge >= 0.3 is 5.97 Å². The number of carbonyl (C=O) groups is 1. The molecule has 144 valence electrons. The van der Waals surface area contributed by atoms with Crippen LogP contribution in [0.25, 0.3) is 0 Å². The molecule has 0 aliphatic carbocycles. The number of carbonyl (C=O) groups excluding carboxylic acids is 1. The van der Waals surface area contributed by atoms with E-state index in [4.69, 9.17) is 16.3 Å². The average Bonchev–Trinajstić information content (AvgIpc) is 2.65. The molecule has 1 heterocycles. The highest BCUT2D eigenvalue weighted by Crippen LogP contribution is 2.29. The Bertz CT molecular complexity index is 972. The summed E-state index contributed by atoms with van der Waals surface area (Å²) in [5.41, 5.74) is 0.758. The molecule has 2 aromatic carbocycles. The molecule has 0 spiro atoms. The lowest BCUT2D eigenvalue weighted by Gasteiger charge is -2.26. The lowest BCUT2D eigenvalue weighted by molar-refractivity contribution is 0.0734. The number of sulfonamides is 1. The van der Waals surface area contributed by atoms with E-state index in [-0.39, 0.29) is 21.2 Å². The fourth-order valence-corrected chi connectivity index (χ4v) is 5.45. The van der Waals surface area contributed by atoms with E-state index in [1.165, 1.54) is 10.4 Å². The van der Waals surface area contributed by atoms with Crippen molar-refractivity contribution >= 4 is 43.5 Å². The molecular formula is C19H19BrClNO4S. The van der Waals surface area contributed by atoms with Gasteiger partial charge in [0.1, 0.15) is 5.75 Å². The second kappa shape index (κ2) is 8.31. The maximum Gasteiger partial charge on any atom is 0.343 e. The molecule has 0 unspecified atom stereocenters. The third-order valence-corrected chi connectivity index (χ3v) is 7.28. The van der Waals surface area contributed by atoms with E-state index in [2.05, 4.69) is 15.9 Å². The van der Waals surface area contributed by atoms with Gasteiger partial charge in [0, 0.05) is 17.6 Å². The fourth-order valence-electron chi connectivity index (χ4n) is 2.97. The van der Waals surface area contributed by atoms with Crippen LogP contribution in [0.1, 0.15) is 35.2 Å². The molecule has 0 N–H and O–H groups in total. The highest BCUT2D eigenvalue weighted by molar-refractivity contribution is 9.10. The van der Waals surface area contributed by atoms with Gasteiger partial charge in [-0.3, -0.25) is 0 Å². The molecule has 3 rings (SSSR count). The molecule has 5 nitrogen and oxygen atoms in total. The Morgan fingerprint density at radius 3 is 2.48 bits per heavy atom. The van der Waals surface area contributed by atoms with Gasteiger partial charge in [0.2, 0.25) is 10.0 Å². The lowest BCUT2D eigenvalue weighted by Crippen LogP contribution is -2.36. The summed E-state index contributed by atoms with van der Waals surface area (Å²) in [5.74, 6) is -0.444. The van der Waals surface area contributed by atoms with Gasteiger partial charge in [-0.25, -0.2) is 13.2 Å². The van der Waals surface area contributed by atoms with Crippen molar-refractivity contribution in [1.82, 2.24) is 4.31 Å². The van der Waals surface area contributed by atoms with Crippen LogP contribution in [0.2, 0.25) is 5.02 Å². The van der Waals surface area contributed by atoms with Crippen molar-refractivity contribution in [2.75, 3.05) is 13.1 Å². The molecule has 0 atom stereocenters. The summed E-state index contributed by atoms with van der Waals surface area (Å²) in [6.07, 6.45) is 2.73. The molecule has 8 heteroatoms. The van der Waals surface area contributed by atoms with Crippen LogP contribution in [0.4, 0.5) is 0 Å². The molecule has 1 aliphatic heterocycles. The monoisotopic (exact) mass is 471 g/mol. The minimum absolute atomic E-state index is 0.140. The van der Waals surface area contributed by atoms with Gasteiger partial charge in [0.15, 0.2) is 0 Å². The number of halogens is 2. The van der Waals surface area contributed by atoms with Crippen molar-refractivity contribution in [2.24, 2.45) is 0 Å². The molecule has 27 heavy (non-hydrogen) atoms. The van der Waals surface area contributed by atoms with Crippen LogP contribution in [0.3, 0.4) is 0 Å². The molecule has 0 saturated carbocycles. The minimum Gasteiger partial charge on any atom is -0.421 e. The third kappa shape index (κ3) is 4.54. The van der Waals surface area contributed by atoms with Crippen LogP contribution < -0.4 is 4.74 Å². The second-order valence-electron chi connectivity index (χ2n) is 6.41. The molecule has 0 amide bonds. The highest BCUT2D eigenvalue weighted by Gasteiger charge is 2.28. The number of hydrogen-bond acceptors (Lipinski definition) is 4. The van der Waals surface area contributed by atoms with Crippen LogP contribution in [0, 0.1) is 6.92 Å². The molecular weight excluding hydrogens is 454 g/mol. The zero-order chi connectivity index (χ0) is 19.6. The summed E-state index contributed by atoms with van der Waals surface area (Å²) >= 11 is 9.37. The van der Waals surface area contributed by atoms with Gasteiger partial charge in [0.25, 0.3) is 0 Å². The van der Waals surface area contributed by atoms with Crippen molar-refractivity contribution < 1.29 is 17.9 Å². The van der Waals surface area contributed by atoms with E-state index in [1.54, 1.807) is 37.3 Å². The van der Waals surface area contributed by atoms with E-state index in [9.17, 15) is 13.2 Å². The maximum absolute atomic E-state index is 13.0. The summed E-state index contributed by atoms with van der Waals surface area (Å²) in [4.78, 5) is 12.7. The van der Waals surface area contributed by atoms with E-state index in [0.717, 1.165) is 23.7 Å². The maximum atomic E-state index is 13.0. The Labute approximate surface area is 172 Å². The van der Waals surface area contributed by atoms with Crippen LogP contribution in [0.5, 0.6) is 5.75 Å². The van der Waals surface area contributed by atoms with Crippen molar-refractivity contribution in [3.05, 3.63) is 57.0 Å². The molecule has 1 saturated heterocycles. The van der Waals surface area contributed by atoms with Crippen LogP contribution >= 0.6 is 27.5 Å². The first kappa shape index (κ1) is 20.3. The number of rotatable bonds is 4. The topological polar surface area (TPSA) is 63.7 Å². The number of aryl methyl sites for hydroxylation is 1. The number of piperidine rings is 1. The Morgan fingerprint density at radius 2 is 1.81 bits per heavy atom. The first-order valence-electron chi connectivity index (χ1n) is 8.57.